The maximum absolute atomic E-state index is 13.2. The maximum atomic E-state index is 13.2. The number of urea groups is 1. The number of pyridine rings is 1. The van der Waals surface area contributed by atoms with E-state index in [0.717, 1.165) is 11.1 Å². The van der Waals surface area contributed by atoms with Crippen molar-refractivity contribution in [3.8, 4) is 17.0 Å². The number of anilines is 3. The number of rotatable bonds is 7. The van der Waals surface area contributed by atoms with Crippen LogP contribution in [-0.2, 0) is 4.84 Å². The average molecular weight is 559 g/mol. The minimum atomic E-state index is -3.02. The molecule has 2 amide bonds. The highest BCUT2D eigenvalue weighted by Crippen LogP contribution is 2.35. The Morgan fingerprint density at radius 1 is 1.12 bits per heavy atom. The number of alkyl halides is 2. The Morgan fingerprint density at radius 3 is 2.80 bits per heavy atom. The first-order chi connectivity index (χ1) is 20.0. The van der Waals surface area contributed by atoms with Crippen LogP contribution in [0.2, 0.25) is 0 Å². The van der Waals surface area contributed by atoms with Crippen LogP contribution < -0.4 is 15.4 Å². The van der Waals surface area contributed by atoms with Crippen LogP contribution >= 0.6 is 0 Å². The number of aromatic nitrogens is 5. The molecule has 0 aliphatic carbocycles. The van der Waals surface area contributed by atoms with E-state index in [9.17, 15) is 13.6 Å². The van der Waals surface area contributed by atoms with Gasteiger partial charge in [0.2, 0.25) is 0 Å². The molecule has 3 N–H and O–H groups in total. The normalized spacial score (nSPS) is 14.9. The molecule has 1 saturated heterocycles. The van der Waals surface area contributed by atoms with Crippen LogP contribution in [0.25, 0.3) is 22.4 Å². The number of aromatic amines is 1. The molecule has 5 aromatic rings. The van der Waals surface area contributed by atoms with Crippen LogP contribution in [-0.4, -0.2) is 49.2 Å². The number of hydrogen-bond acceptors (Lipinski definition) is 8. The number of fused-ring (bicyclic) bond motifs is 1. The third-order valence-electron chi connectivity index (χ3n) is 6.60. The molecule has 3 aromatic heterocycles. The number of H-pyrrole nitrogens is 1. The second-order valence-corrected chi connectivity index (χ2v) is 9.23. The van der Waals surface area contributed by atoms with Gasteiger partial charge in [-0.05, 0) is 36.2 Å². The highest BCUT2D eigenvalue weighted by Gasteiger charge is 2.32. The van der Waals surface area contributed by atoms with Crippen molar-refractivity contribution < 1.29 is 23.1 Å². The molecule has 0 radical (unpaired) electrons. The highest BCUT2D eigenvalue weighted by molar-refractivity contribution is 5.93. The van der Waals surface area contributed by atoms with E-state index in [1.807, 2.05) is 43.3 Å². The summed E-state index contributed by atoms with van der Waals surface area (Å²) >= 11 is 0. The van der Waals surface area contributed by atoms with Crippen LogP contribution in [0.3, 0.4) is 0 Å². The number of ether oxygens (including phenoxy) is 1. The van der Waals surface area contributed by atoms with Gasteiger partial charge in [-0.25, -0.2) is 24.7 Å². The van der Waals surface area contributed by atoms with Crippen molar-refractivity contribution in [1.29, 1.82) is 0 Å². The predicted octanol–water partition coefficient (Wildman–Crippen LogP) is 5.98. The van der Waals surface area contributed by atoms with Gasteiger partial charge < -0.3 is 20.4 Å². The van der Waals surface area contributed by atoms with Crippen LogP contribution in [0.15, 0.2) is 73.4 Å². The zero-order valence-corrected chi connectivity index (χ0v) is 21.7. The summed E-state index contributed by atoms with van der Waals surface area (Å²) in [5.74, 6) is 0.183. The lowest BCUT2D eigenvalue weighted by Gasteiger charge is -2.23. The summed E-state index contributed by atoms with van der Waals surface area (Å²) in [6, 6.07) is 15.9. The molecule has 6 rings (SSSR count). The van der Waals surface area contributed by atoms with Crippen molar-refractivity contribution in [3.05, 3.63) is 84.6 Å². The van der Waals surface area contributed by atoms with Crippen LogP contribution in [0.4, 0.5) is 30.8 Å². The summed E-state index contributed by atoms with van der Waals surface area (Å²) in [7, 11) is 0. The zero-order chi connectivity index (χ0) is 28.3. The second-order valence-electron chi connectivity index (χ2n) is 9.23. The van der Waals surface area contributed by atoms with Gasteiger partial charge in [0, 0.05) is 23.4 Å². The van der Waals surface area contributed by atoms with E-state index in [4.69, 9.17) is 4.84 Å². The summed E-state index contributed by atoms with van der Waals surface area (Å²) < 4.78 is 30.6. The Morgan fingerprint density at radius 2 is 1.98 bits per heavy atom. The third kappa shape index (κ3) is 5.47. The molecule has 2 aromatic carbocycles. The lowest BCUT2D eigenvalue weighted by atomic mass is 10.1. The molecule has 0 bridgehead atoms. The summed E-state index contributed by atoms with van der Waals surface area (Å²) in [6.45, 7) is -0.709. The number of carbonyl (C=O) groups is 1. The number of nitrogens with one attached hydrogen (secondary N) is 3. The molecule has 13 heteroatoms. The molecule has 11 nitrogen and oxygen atoms in total. The van der Waals surface area contributed by atoms with Crippen molar-refractivity contribution in [2.75, 3.05) is 17.2 Å². The average Bonchev–Trinajstić information content (AvgIpc) is 3.66. The fourth-order valence-corrected chi connectivity index (χ4v) is 4.65. The van der Waals surface area contributed by atoms with Crippen molar-refractivity contribution in [2.45, 2.75) is 26.0 Å². The Labute approximate surface area is 232 Å². The van der Waals surface area contributed by atoms with Crippen LogP contribution in [0, 0.1) is 6.92 Å². The van der Waals surface area contributed by atoms with E-state index < -0.39 is 12.6 Å². The quantitative estimate of drug-likeness (QED) is 0.222. The number of aryl methyl sites for hydroxylation is 1. The Hall–Kier alpha value is -5.17. The van der Waals surface area contributed by atoms with Crippen LogP contribution in [0.5, 0.6) is 5.75 Å². The second kappa shape index (κ2) is 11.1. The largest absolute Gasteiger partial charge is 0.433 e. The van der Waals surface area contributed by atoms with E-state index in [1.165, 1.54) is 30.0 Å². The van der Waals surface area contributed by atoms with Gasteiger partial charge in [-0.15, -0.1) is 0 Å². The summed E-state index contributed by atoms with van der Waals surface area (Å²) in [4.78, 5) is 38.8. The first kappa shape index (κ1) is 26.1. The van der Waals surface area contributed by atoms with Crippen LogP contribution in [0.1, 0.15) is 23.6 Å². The first-order valence-corrected chi connectivity index (χ1v) is 12.7. The number of benzene rings is 2. The summed E-state index contributed by atoms with van der Waals surface area (Å²) in [5.41, 5.74) is 4.65. The molecule has 208 valence electrons. The van der Waals surface area contributed by atoms with Crippen molar-refractivity contribution in [3.63, 3.8) is 0 Å². The van der Waals surface area contributed by atoms with Gasteiger partial charge in [0.1, 0.15) is 29.1 Å². The number of nitrogens with zero attached hydrogens (tertiary/aromatic N) is 5. The molecule has 0 saturated carbocycles. The molecule has 1 atom stereocenters. The number of halogens is 2. The molecular formula is C28H24F2N8O3. The topological polar surface area (TPSA) is 130 Å². The minimum Gasteiger partial charge on any atom is -0.433 e. The smallest absolute Gasteiger partial charge is 0.387 e. The van der Waals surface area contributed by atoms with Crippen molar-refractivity contribution in [2.24, 2.45) is 0 Å². The Balaban J connectivity index is 1.29. The number of hydroxylamine groups is 2. The first-order valence-electron chi connectivity index (χ1n) is 12.7. The van der Waals surface area contributed by atoms with Gasteiger partial charge in [0.05, 0.1) is 25.2 Å². The SMILES string of the molecule is Cc1ccc(NC(=O)N2OCC[C@@H]2c2ccccc2)cc1Nc1ncc(OC(F)F)cc1-c1ncnc2nc[nH]c12. The fraction of sp³-hybridized carbons (Fsp3) is 0.179. The number of amides is 2. The lowest BCUT2D eigenvalue weighted by Crippen LogP contribution is -2.33. The summed E-state index contributed by atoms with van der Waals surface area (Å²) in [6.07, 6.45) is 4.67. The van der Waals surface area contributed by atoms with Gasteiger partial charge in [-0.2, -0.15) is 13.8 Å². The Kier molecular flexibility index (Phi) is 7.08. The molecule has 0 spiro atoms. The number of carbonyl (C=O) groups excluding carboxylic acids is 1. The van der Waals surface area contributed by atoms with E-state index in [0.29, 0.717) is 52.6 Å². The fourth-order valence-electron chi connectivity index (χ4n) is 4.65. The number of hydrogen-bond donors (Lipinski definition) is 3. The van der Waals surface area contributed by atoms with Gasteiger partial charge in [-0.1, -0.05) is 36.4 Å². The molecule has 41 heavy (non-hydrogen) atoms. The van der Waals surface area contributed by atoms with Gasteiger partial charge in [0.15, 0.2) is 5.65 Å². The van der Waals surface area contributed by atoms with E-state index in [-0.39, 0.29) is 11.8 Å². The highest BCUT2D eigenvalue weighted by atomic mass is 19.3. The molecule has 4 heterocycles. The van der Waals surface area contributed by atoms with Gasteiger partial charge in [0.25, 0.3) is 0 Å². The van der Waals surface area contributed by atoms with Gasteiger partial charge in [-0.3, -0.25) is 4.84 Å². The van der Waals surface area contributed by atoms with Gasteiger partial charge >= 0.3 is 12.6 Å². The minimum absolute atomic E-state index is 0.136. The zero-order valence-electron chi connectivity index (χ0n) is 21.7. The Bertz CT molecular complexity index is 1700. The van der Waals surface area contributed by atoms with E-state index >= 15 is 0 Å². The number of imidazole rings is 1. The molecule has 1 fully saturated rings. The third-order valence-corrected chi connectivity index (χ3v) is 6.60. The molecule has 1 aliphatic rings. The summed E-state index contributed by atoms with van der Waals surface area (Å²) in [5, 5.41) is 7.50. The maximum Gasteiger partial charge on any atom is 0.387 e. The lowest BCUT2D eigenvalue weighted by molar-refractivity contribution is -0.0829. The van der Waals surface area contributed by atoms with E-state index in [1.54, 1.807) is 12.1 Å². The molecule has 1 aliphatic heterocycles. The predicted molar refractivity (Wildman–Crippen MR) is 147 cm³/mol. The monoisotopic (exact) mass is 558 g/mol. The van der Waals surface area contributed by atoms with Crippen molar-refractivity contribution in [1.82, 2.24) is 30.0 Å². The standard InChI is InChI=1S/C28H24F2N8O3/c1-16-7-8-18(36-28(39)38-22(9-10-40-38)17-5-3-2-4-6-17)11-21(16)37-25-20(12-19(13-31-25)41-27(29)30)23-24-26(34-14-32-23)35-15-33-24/h2-8,11-15,22,27H,9-10H2,1H3,(H,31,37)(H,36,39)(H,32,33,34,35)/t22-/m1/s1. The van der Waals surface area contributed by atoms with Crippen molar-refractivity contribution >= 4 is 34.4 Å². The molecular weight excluding hydrogens is 534 g/mol. The van der Waals surface area contributed by atoms with E-state index in [2.05, 4.69) is 40.3 Å². The molecule has 0 unspecified atom stereocenters.